The highest BCUT2D eigenvalue weighted by atomic mass is 32.1. The molecule has 7 nitrogen and oxygen atoms in total. The van der Waals surface area contributed by atoms with E-state index in [2.05, 4.69) is 53.3 Å². The predicted molar refractivity (Wildman–Crippen MR) is 144 cm³/mol. The first-order valence-corrected chi connectivity index (χ1v) is 12.5. The molecular weight excluding hydrogens is 468 g/mol. The van der Waals surface area contributed by atoms with Crippen molar-refractivity contribution < 1.29 is 4.79 Å². The minimum Gasteiger partial charge on any atom is -0.306 e. The van der Waals surface area contributed by atoms with Gasteiger partial charge in [0.25, 0.3) is 0 Å². The molecule has 0 saturated heterocycles. The molecule has 2 aromatic heterocycles. The summed E-state index contributed by atoms with van der Waals surface area (Å²) in [5, 5.41) is 9.45. The van der Waals surface area contributed by atoms with Gasteiger partial charge in [0.1, 0.15) is 6.33 Å². The van der Waals surface area contributed by atoms with E-state index in [0.717, 1.165) is 33.8 Å². The fourth-order valence-corrected chi connectivity index (χ4v) is 4.92. The summed E-state index contributed by atoms with van der Waals surface area (Å²) in [6.07, 6.45) is 1.70. The number of carbonyl (C=O) groups is 1. The molecule has 5 aromatic rings. The molecular formula is C28H26N6OS. The Balaban J connectivity index is 1.35. The standard InChI is InChI=1S/C28H26N6OS/c1-18-8-14-24(15-9-18)33-17-29-26(32-33)22-10-12-23(13-11-22)30-27(35)31-28-34(21(4)16-36-28)25-19(2)6-5-7-20(25)3/h5-17H,1-4H3,(H,30,35). The zero-order valence-corrected chi connectivity index (χ0v) is 21.4. The smallest absolute Gasteiger partial charge is 0.306 e. The second-order valence-electron chi connectivity index (χ2n) is 8.70. The van der Waals surface area contributed by atoms with E-state index in [1.807, 2.05) is 71.5 Å². The number of para-hydroxylation sites is 1. The third-order valence-corrected chi connectivity index (χ3v) is 6.87. The molecule has 0 fully saturated rings. The van der Waals surface area contributed by atoms with Crippen LogP contribution in [0.25, 0.3) is 22.8 Å². The third kappa shape index (κ3) is 4.76. The normalized spacial score (nSPS) is 11.6. The summed E-state index contributed by atoms with van der Waals surface area (Å²) < 4.78 is 3.78. The highest BCUT2D eigenvalue weighted by Crippen LogP contribution is 2.21. The second kappa shape index (κ2) is 9.75. The number of nitrogens with zero attached hydrogens (tertiary/aromatic N) is 5. The molecule has 0 spiro atoms. The van der Waals surface area contributed by atoms with Gasteiger partial charge < -0.3 is 5.32 Å². The van der Waals surface area contributed by atoms with E-state index in [0.29, 0.717) is 16.3 Å². The molecule has 0 aliphatic heterocycles. The number of rotatable bonds is 4. The molecule has 0 aliphatic rings. The summed E-state index contributed by atoms with van der Waals surface area (Å²) in [5.74, 6) is 0.613. The predicted octanol–water partition coefficient (Wildman–Crippen LogP) is 6.15. The van der Waals surface area contributed by atoms with Gasteiger partial charge >= 0.3 is 6.03 Å². The van der Waals surface area contributed by atoms with Crippen LogP contribution in [-0.2, 0) is 0 Å². The SMILES string of the molecule is Cc1ccc(-n2cnc(-c3ccc(NC(=O)N=c4scc(C)n4-c4c(C)cccc4C)cc3)n2)cc1. The molecule has 2 amide bonds. The largest absolute Gasteiger partial charge is 0.348 e. The molecule has 0 radical (unpaired) electrons. The van der Waals surface area contributed by atoms with E-state index in [1.54, 1.807) is 11.0 Å². The van der Waals surface area contributed by atoms with Crippen molar-refractivity contribution in [2.45, 2.75) is 27.7 Å². The van der Waals surface area contributed by atoms with Crippen LogP contribution in [0.1, 0.15) is 22.4 Å². The van der Waals surface area contributed by atoms with Crippen LogP contribution < -0.4 is 10.1 Å². The second-order valence-corrected chi connectivity index (χ2v) is 9.54. The van der Waals surface area contributed by atoms with Gasteiger partial charge in [0, 0.05) is 22.3 Å². The van der Waals surface area contributed by atoms with Crippen molar-refractivity contribution in [2.24, 2.45) is 4.99 Å². The van der Waals surface area contributed by atoms with Crippen molar-refractivity contribution in [3.63, 3.8) is 0 Å². The molecule has 1 N–H and O–H groups in total. The van der Waals surface area contributed by atoms with E-state index in [1.165, 1.54) is 16.9 Å². The third-order valence-electron chi connectivity index (χ3n) is 5.92. The lowest BCUT2D eigenvalue weighted by Gasteiger charge is -2.12. The van der Waals surface area contributed by atoms with Crippen LogP contribution in [0, 0.1) is 27.7 Å². The van der Waals surface area contributed by atoms with E-state index in [9.17, 15) is 4.79 Å². The van der Waals surface area contributed by atoms with Crippen LogP contribution in [-0.4, -0.2) is 25.4 Å². The fourth-order valence-electron chi connectivity index (χ4n) is 4.06. The average Bonchev–Trinajstić information content (AvgIpc) is 3.48. The van der Waals surface area contributed by atoms with Gasteiger partial charge in [0.2, 0.25) is 0 Å². The number of thiazole rings is 1. The Morgan fingerprint density at radius 2 is 1.61 bits per heavy atom. The van der Waals surface area contributed by atoms with Crippen molar-refractivity contribution >= 4 is 23.1 Å². The average molecular weight is 495 g/mol. The monoisotopic (exact) mass is 494 g/mol. The highest BCUT2D eigenvalue weighted by Gasteiger charge is 2.12. The summed E-state index contributed by atoms with van der Waals surface area (Å²) in [6.45, 7) is 8.20. The van der Waals surface area contributed by atoms with E-state index in [-0.39, 0.29) is 0 Å². The van der Waals surface area contributed by atoms with Gasteiger partial charge in [0.05, 0.1) is 11.4 Å². The summed E-state index contributed by atoms with van der Waals surface area (Å²) in [6, 6.07) is 21.3. The highest BCUT2D eigenvalue weighted by molar-refractivity contribution is 7.07. The molecule has 2 heterocycles. The number of nitrogens with one attached hydrogen (secondary N) is 1. The van der Waals surface area contributed by atoms with Gasteiger partial charge in [-0.15, -0.1) is 16.4 Å². The lowest BCUT2D eigenvalue weighted by Crippen LogP contribution is -2.20. The molecule has 3 aromatic carbocycles. The number of carbonyl (C=O) groups excluding carboxylic acids is 1. The number of benzene rings is 3. The lowest BCUT2D eigenvalue weighted by molar-refractivity contribution is 0.259. The van der Waals surface area contributed by atoms with Gasteiger partial charge in [-0.25, -0.2) is 14.5 Å². The number of aromatic nitrogens is 4. The summed E-state index contributed by atoms with van der Waals surface area (Å²) >= 11 is 1.44. The maximum absolute atomic E-state index is 12.8. The maximum atomic E-state index is 12.8. The van der Waals surface area contributed by atoms with Crippen LogP contribution >= 0.6 is 11.3 Å². The van der Waals surface area contributed by atoms with Crippen LogP contribution in [0.3, 0.4) is 0 Å². The van der Waals surface area contributed by atoms with Crippen molar-refractivity contribution in [1.82, 2.24) is 19.3 Å². The first kappa shape index (κ1) is 23.4. The van der Waals surface area contributed by atoms with Crippen LogP contribution in [0.15, 0.2) is 83.4 Å². The number of aryl methyl sites for hydroxylation is 4. The quantitative estimate of drug-likeness (QED) is 0.325. The molecule has 0 bridgehead atoms. The van der Waals surface area contributed by atoms with E-state index in [4.69, 9.17) is 0 Å². The summed E-state index contributed by atoms with van der Waals surface area (Å²) in [7, 11) is 0. The Hall–Kier alpha value is -4.30. The van der Waals surface area contributed by atoms with Crippen LogP contribution in [0.5, 0.6) is 0 Å². The number of anilines is 1. The van der Waals surface area contributed by atoms with Gasteiger partial charge in [0.15, 0.2) is 10.6 Å². The van der Waals surface area contributed by atoms with Crippen molar-refractivity contribution in [1.29, 1.82) is 0 Å². The zero-order valence-electron chi connectivity index (χ0n) is 20.6. The molecule has 8 heteroatoms. The Labute approximate surface area is 213 Å². The number of amides is 2. The maximum Gasteiger partial charge on any atom is 0.348 e. The summed E-state index contributed by atoms with van der Waals surface area (Å²) in [4.78, 5) is 22.2. The summed E-state index contributed by atoms with van der Waals surface area (Å²) in [5.41, 5.74) is 8.01. The Bertz CT molecular complexity index is 1590. The Morgan fingerprint density at radius 3 is 2.31 bits per heavy atom. The number of hydrogen-bond acceptors (Lipinski definition) is 4. The van der Waals surface area contributed by atoms with Crippen LogP contribution in [0.2, 0.25) is 0 Å². The molecule has 5 rings (SSSR count). The van der Waals surface area contributed by atoms with Gasteiger partial charge in [-0.1, -0.05) is 35.9 Å². The fraction of sp³-hybridized carbons (Fsp3) is 0.143. The Kier molecular flexibility index (Phi) is 6.35. The van der Waals surface area contributed by atoms with E-state index >= 15 is 0 Å². The topological polar surface area (TPSA) is 77.1 Å². The molecule has 0 saturated carbocycles. The number of urea groups is 1. The Morgan fingerprint density at radius 1 is 0.917 bits per heavy atom. The van der Waals surface area contributed by atoms with Crippen molar-refractivity contribution in [2.75, 3.05) is 5.32 Å². The van der Waals surface area contributed by atoms with Gasteiger partial charge in [-0.2, -0.15) is 4.99 Å². The minimum atomic E-state index is -0.425. The van der Waals surface area contributed by atoms with Gasteiger partial charge in [-0.3, -0.25) is 4.57 Å². The first-order chi connectivity index (χ1) is 17.4. The minimum absolute atomic E-state index is 0.425. The molecule has 0 unspecified atom stereocenters. The molecule has 180 valence electrons. The number of hydrogen-bond donors (Lipinski definition) is 1. The van der Waals surface area contributed by atoms with Crippen LogP contribution in [0.4, 0.5) is 10.5 Å². The van der Waals surface area contributed by atoms with Crippen molar-refractivity contribution in [3.8, 4) is 22.8 Å². The lowest BCUT2D eigenvalue weighted by atomic mass is 10.1. The zero-order chi connectivity index (χ0) is 25.2. The molecule has 0 aliphatic carbocycles. The van der Waals surface area contributed by atoms with Crippen molar-refractivity contribution in [3.05, 3.63) is 106 Å². The first-order valence-electron chi connectivity index (χ1n) is 11.6. The molecule has 36 heavy (non-hydrogen) atoms. The molecule has 0 atom stereocenters. The van der Waals surface area contributed by atoms with Gasteiger partial charge in [-0.05, 0) is 75.2 Å². The van der Waals surface area contributed by atoms with E-state index < -0.39 is 6.03 Å².